The number of rotatable bonds is 8. The van der Waals surface area contributed by atoms with Crippen molar-refractivity contribution < 1.29 is 18.3 Å². The molecule has 31 heavy (non-hydrogen) atoms. The molecule has 0 saturated carbocycles. The Bertz CT molecular complexity index is 994. The maximum absolute atomic E-state index is 13.3. The summed E-state index contributed by atoms with van der Waals surface area (Å²) in [5.74, 6) is -1.48. The molecule has 4 rings (SSSR count). The lowest BCUT2D eigenvalue weighted by Crippen LogP contribution is -2.39. The fraction of sp³-hybridized carbons (Fsp3) is 0.375. The molecule has 2 heterocycles. The summed E-state index contributed by atoms with van der Waals surface area (Å²) in [5, 5.41) is 4.64. The van der Waals surface area contributed by atoms with Gasteiger partial charge in [-0.1, -0.05) is 30.3 Å². The molecule has 0 amide bonds. The second-order valence-electron chi connectivity index (χ2n) is 7.75. The zero-order valence-electron chi connectivity index (χ0n) is 17.6. The Morgan fingerprint density at radius 1 is 1.06 bits per heavy atom. The van der Waals surface area contributed by atoms with Gasteiger partial charge in [0.05, 0.1) is 18.9 Å². The SMILES string of the molecule is Cn1nc([C@@H]2CN(CCc3ccccc3)CCO2)cc1CCOc1ccc(F)c(F)c1. The van der Waals surface area contributed by atoms with E-state index in [1.54, 1.807) is 0 Å². The molecular weight excluding hydrogens is 400 g/mol. The summed E-state index contributed by atoms with van der Waals surface area (Å²) in [5.41, 5.74) is 3.25. The van der Waals surface area contributed by atoms with Gasteiger partial charge in [-0.15, -0.1) is 0 Å². The normalized spacial score (nSPS) is 17.1. The fourth-order valence-corrected chi connectivity index (χ4v) is 3.78. The molecule has 7 heteroatoms. The maximum atomic E-state index is 13.3. The summed E-state index contributed by atoms with van der Waals surface area (Å²) in [6, 6.07) is 16.1. The van der Waals surface area contributed by atoms with Crippen molar-refractivity contribution in [1.82, 2.24) is 14.7 Å². The summed E-state index contributed by atoms with van der Waals surface area (Å²) >= 11 is 0. The van der Waals surface area contributed by atoms with Gasteiger partial charge in [0.25, 0.3) is 0 Å². The first kappa shape index (κ1) is 21.5. The smallest absolute Gasteiger partial charge is 0.162 e. The van der Waals surface area contributed by atoms with Crippen molar-refractivity contribution in [3.8, 4) is 5.75 Å². The van der Waals surface area contributed by atoms with Gasteiger partial charge in [-0.25, -0.2) is 8.78 Å². The number of hydrogen-bond donors (Lipinski definition) is 0. The van der Waals surface area contributed by atoms with Gasteiger partial charge in [0, 0.05) is 44.9 Å². The van der Waals surface area contributed by atoms with Crippen LogP contribution in [0.3, 0.4) is 0 Å². The third kappa shape index (κ3) is 5.68. The van der Waals surface area contributed by atoms with Gasteiger partial charge >= 0.3 is 0 Å². The topological polar surface area (TPSA) is 39.5 Å². The highest BCUT2D eigenvalue weighted by atomic mass is 19.2. The third-order valence-corrected chi connectivity index (χ3v) is 5.55. The van der Waals surface area contributed by atoms with Crippen LogP contribution in [0.1, 0.15) is 23.1 Å². The molecule has 0 radical (unpaired) electrons. The maximum Gasteiger partial charge on any atom is 0.162 e. The standard InChI is InChI=1S/C24H27F2N3O2/c1-28-19(10-13-30-20-7-8-21(25)22(26)16-20)15-23(27-28)24-17-29(12-14-31-24)11-9-18-5-3-2-4-6-18/h2-8,15-16,24H,9-14,17H2,1H3/t24-/m0/s1. The Labute approximate surface area is 181 Å². The van der Waals surface area contributed by atoms with E-state index in [0.29, 0.717) is 25.4 Å². The zero-order valence-corrected chi connectivity index (χ0v) is 17.6. The molecule has 1 aliphatic rings. The van der Waals surface area contributed by atoms with Gasteiger partial charge in [0.2, 0.25) is 0 Å². The van der Waals surface area contributed by atoms with Crippen molar-refractivity contribution >= 4 is 0 Å². The van der Waals surface area contributed by atoms with Crippen molar-refractivity contribution in [3.05, 3.63) is 83.2 Å². The third-order valence-electron chi connectivity index (χ3n) is 5.55. The van der Waals surface area contributed by atoms with E-state index < -0.39 is 11.6 Å². The van der Waals surface area contributed by atoms with E-state index in [-0.39, 0.29) is 6.10 Å². The molecule has 1 atom stereocenters. The molecular formula is C24H27F2N3O2. The first-order valence-corrected chi connectivity index (χ1v) is 10.6. The highest BCUT2D eigenvalue weighted by Crippen LogP contribution is 2.23. The first-order chi connectivity index (χ1) is 15.1. The van der Waals surface area contributed by atoms with Crippen LogP contribution in [0.25, 0.3) is 0 Å². The largest absolute Gasteiger partial charge is 0.493 e. The lowest BCUT2D eigenvalue weighted by molar-refractivity contribution is -0.0318. The Morgan fingerprint density at radius 3 is 2.71 bits per heavy atom. The van der Waals surface area contributed by atoms with Crippen LogP contribution in [0.4, 0.5) is 8.78 Å². The molecule has 5 nitrogen and oxygen atoms in total. The lowest BCUT2D eigenvalue weighted by Gasteiger charge is -2.32. The van der Waals surface area contributed by atoms with Crippen LogP contribution in [0.2, 0.25) is 0 Å². The van der Waals surface area contributed by atoms with Crippen LogP contribution in [-0.2, 0) is 24.6 Å². The van der Waals surface area contributed by atoms with Gasteiger partial charge < -0.3 is 9.47 Å². The molecule has 2 aromatic carbocycles. The monoisotopic (exact) mass is 427 g/mol. The van der Waals surface area contributed by atoms with Gasteiger partial charge in [0.15, 0.2) is 11.6 Å². The summed E-state index contributed by atoms with van der Waals surface area (Å²) in [4.78, 5) is 2.42. The lowest BCUT2D eigenvalue weighted by atomic mass is 10.1. The molecule has 164 valence electrons. The summed E-state index contributed by atoms with van der Waals surface area (Å²) in [7, 11) is 1.90. The Morgan fingerprint density at radius 2 is 1.90 bits per heavy atom. The van der Waals surface area contributed by atoms with Crippen LogP contribution in [0, 0.1) is 11.6 Å². The van der Waals surface area contributed by atoms with E-state index in [2.05, 4.69) is 34.3 Å². The number of aryl methyl sites for hydroxylation is 1. The molecule has 1 fully saturated rings. The van der Waals surface area contributed by atoms with Crippen molar-refractivity contribution in [1.29, 1.82) is 0 Å². The van der Waals surface area contributed by atoms with E-state index in [9.17, 15) is 8.78 Å². The van der Waals surface area contributed by atoms with Crippen LogP contribution < -0.4 is 4.74 Å². The van der Waals surface area contributed by atoms with Crippen molar-refractivity contribution in [2.45, 2.75) is 18.9 Å². The molecule has 1 aliphatic heterocycles. The first-order valence-electron chi connectivity index (χ1n) is 10.6. The minimum Gasteiger partial charge on any atom is -0.493 e. The van der Waals surface area contributed by atoms with Crippen molar-refractivity contribution in [2.75, 3.05) is 32.8 Å². The van der Waals surface area contributed by atoms with Gasteiger partial charge in [-0.2, -0.15) is 5.10 Å². The number of ether oxygens (including phenoxy) is 2. The van der Waals surface area contributed by atoms with Gasteiger partial charge in [0.1, 0.15) is 11.9 Å². The van der Waals surface area contributed by atoms with Crippen molar-refractivity contribution in [3.63, 3.8) is 0 Å². The highest BCUT2D eigenvalue weighted by molar-refractivity contribution is 5.24. The molecule has 0 bridgehead atoms. The van der Waals surface area contributed by atoms with Crippen molar-refractivity contribution in [2.24, 2.45) is 7.05 Å². The van der Waals surface area contributed by atoms with Crippen LogP contribution in [-0.4, -0.2) is 47.5 Å². The average Bonchev–Trinajstić information content (AvgIpc) is 3.16. The number of nitrogens with zero attached hydrogens (tertiary/aromatic N) is 3. The van der Waals surface area contributed by atoms with E-state index in [1.165, 1.54) is 11.6 Å². The Balaban J connectivity index is 1.30. The number of morpholine rings is 1. The number of hydrogen-bond acceptors (Lipinski definition) is 4. The number of halogens is 2. The van der Waals surface area contributed by atoms with Gasteiger partial charge in [-0.3, -0.25) is 9.58 Å². The number of aromatic nitrogens is 2. The Kier molecular flexibility index (Phi) is 6.94. The number of benzene rings is 2. The van der Waals surface area contributed by atoms with Crippen LogP contribution >= 0.6 is 0 Å². The zero-order chi connectivity index (χ0) is 21.6. The second-order valence-corrected chi connectivity index (χ2v) is 7.75. The molecule has 0 unspecified atom stereocenters. The quantitative estimate of drug-likeness (QED) is 0.546. The second kappa shape index (κ2) is 10.0. The fourth-order valence-electron chi connectivity index (χ4n) is 3.78. The molecule has 0 spiro atoms. The van der Waals surface area contributed by atoms with E-state index >= 15 is 0 Å². The molecule has 1 saturated heterocycles. The average molecular weight is 427 g/mol. The molecule has 0 N–H and O–H groups in total. The van der Waals surface area contributed by atoms with Crippen LogP contribution in [0.5, 0.6) is 5.75 Å². The minimum absolute atomic E-state index is 0.0587. The molecule has 3 aromatic rings. The predicted molar refractivity (Wildman–Crippen MR) is 114 cm³/mol. The Hall–Kier alpha value is -2.77. The molecule has 1 aromatic heterocycles. The van der Waals surface area contributed by atoms with E-state index in [1.807, 2.05) is 23.9 Å². The van der Waals surface area contributed by atoms with Gasteiger partial charge in [-0.05, 0) is 30.2 Å². The summed E-state index contributed by atoms with van der Waals surface area (Å²) in [6.45, 7) is 3.76. The predicted octanol–water partition coefficient (Wildman–Crippen LogP) is 3.94. The summed E-state index contributed by atoms with van der Waals surface area (Å²) in [6.07, 6.45) is 1.56. The molecule has 0 aliphatic carbocycles. The highest BCUT2D eigenvalue weighted by Gasteiger charge is 2.24. The summed E-state index contributed by atoms with van der Waals surface area (Å²) < 4.78 is 39.7. The van der Waals surface area contributed by atoms with Crippen LogP contribution in [0.15, 0.2) is 54.6 Å². The van der Waals surface area contributed by atoms with E-state index in [0.717, 1.165) is 49.6 Å². The minimum atomic E-state index is -0.911. The van der Waals surface area contributed by atoms with E-state index in [4.69, 9.17) is 9.47 Å².